The number of nitro benzene ring substituents is 1. The quantitative estimate of drug-likeness (QED) is 0.616. The first-order chi connectivity index (χ1) is 9.94. The van der Waals surface area contributed by atoms with Crippen molar-refractivity contribution in [2.75, 3.05) is 0 Å². The van der Waals surface area contributed by atoms with E-state index in [4.69, 9.17) is 27.9 Å². The zero-order chi connectivity index (χ0) is 15.2. The Hall–Kier alpha value is -1.33. The number of ether oxygens (including phenoxy) is 1. The Kier molecular flexibility index (Phi) is 3.58. The zero-order valence-corrected chi connectivity index (χ0v) is 12.6. The number of hydrogen-bond donors (Lipinski definition) is 0. The molecule has 0 aliphatic heterocycles. The van der Waals surface area contributed by atoms with E-state index in [0.717, 1.165) is 25.7 Å². The summed E-state index contributed by atoms with van der Waals surface area (Å²) in [6.07, 6.45) is 3.82. The fourth-order valence-electron chi connectivity index (χ4n) is 3.28. The maximum Gasteiger partial charge on any atom is 0.272 e. The first-order valence-corrected chi connectivity index (χ1v) is 7.53. The second-order valence-electron chi connectivity index (χ2n) is 5.59. The second-order valence-corrected chi connectivity index (χ2v) is 6.41. The van der Waals surface area contributed by atoms with Crippen molar-refractivity contribution in [2.45, 2.75) is 38.2 Å². The molecule has 1 atom stereocenters. The van der Waals surface area contributed by atoms with Gasteiger partial charge in [0.1, 0.15) is 11.9 Å². The van der Waals surface area contributed by atoms with E-state index in [0.29, 0.717) is 6.42 Å². The number of non-ortho nitro benzene ring substituents is 1. The van der Waals surface area contributed by atoms with Crippen LogP contribution in [0, 0.1) is 15.5 Å². The Bertz CT molecular complexity index is 602. The highest BCUT2D eigenvalue weighted by Gasteiger charge is 2.57. The van der Waals surface area contributed by atoms with Gasteiger partial charge in [-0.15, -0.1) is 0 Å². The van der Waals surface area contributed by atoms with Crippen LogP contribution in [-0.4, -0.2) is 16.8 Å². The van der Waals surface area contributed by atoms with Crippen LogP contribution in [0.2, 0.25) is 10.0 Å². The molecule has 1 spiro atoms. The maximum atomic E-state index is 11.9. The summed E-state index contributed by atoms with van der Waals surface area (Å²) >= 11 is 12.1. The molecule has 0 bridgehead atoms. The first-order valence-electron chi connectivity index (χ1n) is 6.77. The van der Waals surface area contributed by atoms with Crippen LogP contribution < -0.4 is 4.74 Å². The molecule has 0 radical (unpaired) electrons. The van der Waals surface area contributed by atoms with Gasteiger partial charge in [0.15, 0.2) is 5.75 Å². The van der Waals surface area contributed by atoms with E-state index in [-0.39, 0.29) is 33.4 Å². The summed E-state index contributed by atoms with van der Waals surface area (Å²) in [5.74, 6) is 0.465. The number of benzene rings is 1. The lowest BCUT2D eigenvalue weighted by Gasteiger charge is -2.44. The predicted octanol–water partition coefficient (Wildman–Crippen LogP) is 4.18. The van der Waals surface area contributed by atoms with Crippen LogP contribution in [0.1, 0.15) is 32.1 Å². The Morgan fingerprint density at radius 2 is 1.81 bits per heavy atom. The molecule has 2 aliphatic carbocycles. The monoisotopic (exact) mass is 329 g/mol. The van der Waals surface area contributed by atoms with Crippen molar-refractivity contribution in [3.63, 3.8) is 0 Å². The fourth-order valence-corrected chi connectivity index (χ4v) is 3.85. The summed E-state index contributed by atoms with van der Waals surface area (Å²) < 4.78 is 5.85. The van der Waals surface area contributed by atoms with Gasteiger partial charge in [0.25, 0.3) is 5.69 Å². The summed E-state index contributed by atoms with van der Waals surface area (Å²) in [6.45, 7) is 0. The Morgan fingerprint density at radius 1 is 1.24 bits per heavy atom. The van der Waals surface area contributed by atoms with Crippen LogP contribution in [0.3, 0.4) is 0 Å². The van der Waals surface area contributed by atoms with Crippen LogP contribution >= 0.6 is 23.2 Å². The van der Waals surface area contributed by atoms with Crippen LogP contribution in [-0.2, 0) is 4.79 Å². The number of ketones is 1. The number of hydrogen-bond acceptors (Lipinski definition) is 4. The normalized spacial score (nSPS) is 23.1. The van der Waals surface area contributed by atoms with Gasteiger partial charge in [-0.2, -0.15) is 0 Å². The average Bonchev–Trinajstić information content (AvgIpc) is 2.93. The molecular weight excluding hydrogens is 317 g/mol. The topological polar surface area (TPSA) is 69.4 Å². The third-order valence-corrected chi connectivity index (χ3v) is 5.05. The van der Waals surface area contributed by atoms with Crippen molar-refractivity contribution >= 4 is 34.7 Å². The molecule has 2 saturated carbocycles. The molecule has 3 rings (SSSR count). The van der Waals surface area contributed by atoms with Gasteiger partial charge < -0.3 is 4.74 Å². The van der Waals surface area contributed by atoms with Crippen LogP contribution in [0.4, 0.5) is 5.69 Å². The van der Waals surface area contributed by atoms with E-state index in [9.17, 15) is 14.9 Å². The highest BCUT2D eigenvalue weighted by molar-refractivity contribution is 6.37. The minimum absolute atomic E-state index is 0.0988. The van der Waals surface area contributed by atoms with Crippen molar-refractivity contribution in [1.82, 2.24) is 0 Å². The minimum atomic E-state index is -0.563. The van der Waals surface area contributed by atoms with Gasteiger partial charge in [-0.25, -0.2) is 0 Å². The van der Waals surface area contributed by atoms with Gasteiger partial charge in [0.05, 0.1) is 20.4 Å². The third-order valence-electron chi connectivity index (χ3n) is 4.49. The van der Waals surface area contributed by atoms with E-state index >= 15 is 0 Å². The standard InChI is InChI=1S/C14H13Cl2NO4/c15-9-5-8(17(19)20)6-10(16)13(9)21-12-7-11(18)14(12)3-1-2-4-14/h5-6,12H,1-4,7H2. The van der Waals surface area contributed by atoms with Gasteiger partial charge in [0, 0.05) is 18.6 Å². The SMILES string of the molecule is O=C1CC(Oc2c(Cl)cc([N+](=O)[O-])cc2Cl)C12CCCC2. The molecule has 112 valence electrons. The van der Waals surface area contributed by atoms with Crippen molar-refractivity contribution in [3.05, 3.63) is 32.3 Å². The van der Waals surface area contributed by atoms with E-state index in [1.54, 1.807) is 0 Å². The number of halogens is 2. The maximum absolute atomic E-state index is 11.9. The Labute approximate surface area is 131 Å². The minimum Gasteiger partial charge on any atom is -0.486 e. The largest absolute Gasteiger partial charge is 0.486 e. The summed E-state index contributed by atoms with van der Waals surface area (Å²) in [5, 5.41) is 11.0. The summed E-state index contributed by atoms with van der Waals surface area (Å²) in [7, 11) is 0. The lowest BCUT2D eigenvalue weighted by Crippen LogP contribution is -2.55. The van der Waals surface area contributed by atoms with Crippen molar-refractivity contribution in [3.8, 4) is 5.75 Å². The number of nitro groups is 1. The molecule has 1 unspecified atom stereocenters. The van der Waals surface area contributed by atoms with Gasteiger partial charge in [-0.3, -0.25) is 14.9 Å². The van der Waals surface area contributed by atoms with Crippen molar-refractivity contribution in [2.24, 2.45) is 5.41 Å². The summed E-state index contributed by atoms with van der Waals surface area (Å²) in [5.41, 5.74) is -0.577. The molecule has 1 aromatic rings. The lowest BCUT2D eigenvalue weighted by molar-refractivity contribution is -0.384. The fraction of sp³-hybridized carbons (Fsp3) is 0.500. The molecule has 7 heteroatoms. The molecule has 0 saturated heterocycles. The van der Waals surface area contributed by atoms with Gasteiger partial charge in [0.2, 0.25) is 0 Å². The third kappa shape index (κ3) is 2.28. The molecule has 2 fully saturated rings. The van der Waals surface area contributed by atoms with Gasteiger partial charge in [-0.05, 0) is 12.8 Å². The molecule has 0 amide bonds. The molecule has 1 aromatic carbocycles. The molecule has 21 heavy (non-hydrogen) atoms. The lowest BCUT2D eigenvalue weighted by atomic mass is 9.63. The highest BCUT2D eigenvalue weighted by atomic mass is 35.5. The van der Waals surface area contributed by atoms with Crippen LogP contribution in [0.15, 0.2) is 12.1 Å². The smallest absolute Gasteiger partial charge is 0.272 e. The molecule has 0 aromatic heterocycles. The predicted molar refractivity (Wildman–Crippen MR) is 78.1 cm³/mol. The second kappa shape index (κ2) is 5.14. The molecule has 2 aliphatic rings. The average molecular weight is 330 g/mol. The van der Waals surface area contributed by atoms with Gasteiger partial charge in [-0.1, -0.05) is 36.0 Å². The zero-order valence-electron chi connectivity index (χ0n) is 11.1. The summed E-state index contributed by atoms with van der Waals surface area (Å²) in [6, 6.07) is 2.43. The number of carbonyl (C=O) groups is 1. The number of Topliss-reactive ketones (excluding diaryl/α,β-unsaturated/α-hetero) is 1. The number of nitrogens with zero attached hydrogens (tertiary/aromatic N) is 1. The number of carbonyl (C=O) groups excluding carboxylic acids is 1. The number of rotatable bonds is 3. The molecule has 0 N–H and O–H groups in total. The Balaban J connectivity index is 1.86. The van der Waals surface area contributed by atoms with Crippen LogP contribution in [0.25, 0.3) is 0 Å². The summed E-state index contributed by atoms with van der Waals surface area (Å²) in [4.78, 5) is 22.1. The van der Waals surface area contributed by atoms with Gasteiger partial charge >= 0.3 is 0 Å². The highest BCUT2D eigenvalue weighted by Crippen LogP contribution is 2.53. The van der Waals surface area contributed by atoms with E-state index in [1.807, 2.05) is 0 Å². The molecular formula is C14H13Cl2NO4. The van der Waals surface area contributed by atoms with Crippen LogP contribution in [0.5, 0.6) is 5.75 Å². The molecule has 0 heterocycles. The Morgan fingerprint density at radius 3 is 2.29 bits per heavy atom. The van der Waals surface area contributed by atoms with Crippen molar-refractivity contribution in [1.29, 1.82) is 0 Å². The molecule has 5 nitrogen and oxygen atoms in total. The van der Waals surface area contributed by atoms with E-state index in [1.165, 1.54) is 12.1 Å². The van der Waals surface area contributed by atoms with E-state index in [2.05, 4.69) is 0 Å². The van der Waals surface area contributed by atoms with Crippen molar-refractivity contribution < 1.29 is 14.5 Å². The first kappa shape index (κ1) is 14.6. The van der Waals surface area contributed by atoms with E-state index < -0.39 is 10.3 Å².